The van der Waals surface area contributed by atoms with Crippen molar-refractivity contribution < 1.29 is 17.9 Å². The number of anilines is 1. The number of nitrogens with zero attached hydrogens (tertiary/aromatic N) is 2. The second-order valence-electron chi connectivity index (χ2n) is 7.49. The molecule has 4 rings (SSSR count). The molecule has 0 N–H and O–H groups in total. The van der Waals surface area contributed by atoms with E-state index in [9.17, 15) is 13.2 Å². The molecule has 0 unspecified atom stereocenters. The molecule has 1 atom stereocenters. The minimum atomic E-state index is -3.86. The van der Waals surface area contributed by atoms with Crippen LogP contribution in [-0.2, 0) is 14.8 Å². The average Bonchev–Trinajstić information content (AvgIpc) is 3.13. The highest BCUT2D eigenvalue weighted by atomic mass is 32.2. The smallest absolute Gasteiger partial charge is 0.349 e. The van der Waals surface area contributed by atoms with Gasteiger partial charge >= 0.3 is 5.97 Å². The standard InChI is InChI=1S/C22H24N2O4S2/c1-15-7-6-8-17(13-15)24-12-11-23(14-16(24)2)30(26,27)21-18-9-4-5-10-19(18)29-20(21)22(25)28-3/h4-10,13,16H,11-12,14H2,1-3H3/t16-/m1/s1. The van der Waals surface area contributed by atoms with Crippen LogP contribution in [0.2, 0.25) is 0 Å². The maximum absolute atomic E-state index is 13.7. The quantitative estimate of drug-likeness (QED) is 0.571. The van der Waals surface area contributed by atoms with Crippen LogP contribution in [0.4, 0.5) is 5.69 Å². The molecule has 0 spiro atoms. The van der Waals surface area contributed by atoms with Gasteiger partial charge in [-0.2, -0.15) is 4.31 Å². The monoisotopic (exact) mass is 444 g/mol. The van der Waals surface area contributed by atoms with Crippen LogP contribution in [0.25, 0.3) is 10.1 Å². The van der Waals surface area contributed by atoms with Crippen LogP contribution in [0.3, 0.4) is 0 Å². The summed E-state index contributed by atoms with van der Waals surface area (Å²) in [5.41, 5.74) is 2.26. The molecule has 0 saturated carbocycles. The summed E-state index contributed by atoms with van der Waals surface area (Å²) in [5, 5.41) is 0.566. The molecule has 1 aromatic heterocycles. The molecule has 3 aromatic rings. The number of sulfonamides is 1. The summed E-state index contributed by atoms with van der Waals surface area (Å²) in [4.78, 5) is 14.8. The molecule has 0 radical (unpaired) electrons. The van der Waals surface area contributed by atoms with Crippen molar-refractivity contribution in [2.75, 3.05) is 31.6 Å². The number of hydrogen-bond acceptors (Lipinski definition) is 6. The molecular formula is C22H24N2O4S2. The lowest BCUT2D eigenvalue weighted by Gasteiger charge is -2.40. The molecule has 30 heavy (non-hydrogen) atoms. The second-order valence-corrected chi connectivity index (χ2v) is 10.4. The van der Waals surface area contributed by atoms with Gasteiger partial charge in [0.05, 0.1) is 7.11 Å². The van der Waals surface area contributed by atoms with E-state index in [0.29, 0.717) is 25.0 Å². The third-order valence-corrected chi connectivity index (χ3v) is 8.67. The molecule has 0 aliphatic carbocycles. The number of thiophene rings is 1. The first-order valence-electron chi connectivity index (χ1n) is 9.76. The van der Waals surface area contributed by atoms with Crippen molar-refractivity contribution >= 4 is 43.1 Å². The van der Waals surface area contributed by atoms with E-state index < -0.39 is 16.0 Å². The molecule has 6 nitrogen and oxygen atoms in total. The first-order chi connectivity index (χ1) is 14.3. The van der Waals surface area contributed by atoms with Crippen molar-refractivity contribution in [1.29, 1.82) is 0 Å². The number of hydrogen-bond donors (Lipinski definition) is 0. The topological polar surface area (TPSA) is 66.9 Å². The predicted molar refractivity (Wildman–Crippen MR) is 120 cm³/mol. The van der Waals surface area contributed by atoms with Crippen molar-refractivity contribution in [1.82, 2.24) is 4.31 Å². The number of carbonyl (C=O) groups is 1. The van der Waals surface area contributed by atoms with E-state index >= 15 is 0 Å². The molecule has 1 aliphatic heterocycles. The molecule has 1 aliphatic rings. The maximum Gasteiger partial charge on any atom is 0.349 e. The Morgan fingerprint density at radius 2 is 1.90 bits per heavy atom. The molecule has 2 heterocycles. The molecule has 1 saturated heterocycles. The number of piperazine rings is 1. The molecule has 0 bridgehead atoms. The van der Waals surface area contributed by atoms with E-state index in [1.165, 1.54) is 17.0 Å². The van der Waals surface area contributed by atoms with Gasteiger partial charge in [0.15, 0.2) is 0 Å². The highest BCUT2D eigenvalue weighted by molar-refractivity contribution is 7.89. The summed E-state index contributed by atoms with van der Waals surface area (Å²) in [6, 6.07) is 15.4. The van der Waals surface area contributed by atoms with Crippen molar-refractivity contribution in [2.45, 2.75) is 24.8 Å². The lowest BCUT2D eigenvalue weighted by molar-refractivity contribution is 0.0602. The van der Waals surface area contributed by atoms with Gasteiger partial charge in [-0.3, -0.25) is 0 Å². The van der Waals surface area contributed by atoms with Gasteiger partial charge in [0.25, 0.3) is 0 Å². The first-order valence-corrected chi connectivity index (χ1v) is 12.0. The Labute approximate surface area is 180 Å². The van der Waals surface area contributed by atoms with Crippen molar-refractivity contribution in [3.05, 3.63) is 59.0 Å². The van der Waals surface area contributed by atoms with Gasteiger partial charge in [-0.1, -0.05) is 30.3 Å². The number of ether oxygens (including phenoxy) is 1. The van der Waals surface area contributed by atoms with Crippen LogP contribution < -0.4 is 4.90 Å². The highest BCUT2D eigenvalue weighted by Gasteiger charge is 2.37. The number of fused-ring (bicyclic) bond motifs is 1. The summed E-state index contributed by atoms with van der Waals surface area (Å²) in [5.74, 6) is -0.624. The van der Waals surface area contributed by atoms with E-state index in [4.69, 9.17) is 4.74 Å². The maximum atomic E-state index is 13.7. The number of benzene rings is 2. The Morgan fingerprint density at radius 1 is 1.13 bits per heavy atom. The molecule has 0 amide bonds. The van der Waals surface area contributed by atoms with Crippen LogP contribution in [0.5, 0.6) is 0 Å². The number of carbonyl (C=O) groups excluding carboxylic acids is 1. The number of methoxy groups -OCH3 is 1. The zero-order valence-corrected chi connectivity index (χ0v) is 18.8. The highest BCUT2D eigenvalue weighted by Crippen LogP contribution is 2.37. The van der Waals surface area contributed by atoms with E-state index in [1.54, 1.807) is 12.1 Å². The zero-order chi connectivity index (χ0) is 21.5. The van der Waals surface area contributed by atoms with E-state index in [2.05, 4.69) is 17.0 Å². The van der Waals surface area contributed by atoms with E-state index in [0.717, 1.165) is 21.7 Å². The fraction of sp³-hybridized carbons (Fsp3) is 0.318. The molecule has 8 heteroatoms. The number of rotatable bonds is 4. The molecular weight excluding hydrogens is 420 g/mol. The van der Waals surface area contributed by atoms with Crippen molar-refractivity contribution in [3.8, 4) is 0 Å². The van der Waals surface area contributed by atoms with Crippen LogP contribution >= 0.6 is 11.3 Å². The Balaban J connectivity index is 1.69. The van der Waals surface area contributed by atoms with Gasteiger partial charge in [-0.15, -0.1) is 11.3 Å². The van der Waals surface area contributed by atoms with Crippen LogP contribution in [0.1, 0.15) is 22.2 Å². The number of aryl methyl sites for hydroxylation is 1. The Bertz CT molecular complexity index is 1200. The third-order valence-electron chi connectivity index (χ3n) is 5.44. The summed E-state index contributed by atoms with van der Waals surface area (Å²) in [6.45, 7) is 5.35. The van der Waals surface area contributed by atoms with Gasteiger partial charge in [0.2, 0.25) is 10.0 Å². The van der Waals surface area contributed by atoms with Crippen molar-refractivity contribution in [2.24, 2.45) is 0 Å². The zero-order valence-electron chi connectivity index (χ0n) is 17.2. The Morgan fingerprint density at radius 3 is 2.60 bits per heavy atom. The van der Waals surface area contributed by atoms with E-state index in [1.807, 2.05) is 38.1 Å². The SMILES string of the molecule is COC(=O)c1sc2ccccc2c1S(=O)(=O)N1CCN(c2cccc(C)c2)[C@H](C)C1. The Hall–Kier alpha value is -2.42. The lowest BCUT2D eigenvalue weighted by Crippen LogP contribution is -2.53. The Kier molecular flexibility index (Phi) is 5.57. The van der Waals surface area contributed by atoms with Crippen LogP contribution in [0, 0.1) is 6.92 Å². The fourth-order valence-electron chi connectivity index (χ4n) is 3.97. The largest absolute Gasteiger partial charge is 0.465 e. The van der Waals surface area contributed by atoms with Gasteiger partial charge in [0.1, 0.15) is 9.77 Å². The minimum absolute atomic E-state index is 0.00167. The minimum Gasteiger partial charge on any atom is -0.465 e. The fourth-order valence-corrected chi connectivity index (χ4v) is 7.25. The summed E-state index contributed by atoms with van der Waals surface area (Å²) >= 11 is 1.16. The second kappa shape index (κ2) is 8.02. The summed E-state index contributed by atoms with van der Waals surface area (Å²) < 4.78 is 34.4. The predicted octanol–water partition coefficient (Wildman–Crippen LogP) is 3.90. The van der Waals surface area contributed by atoms with Crippen molar-refractivity contribution in [3.63, 3.8) is 0 Å². The number of esters is 1. The summed E-state index contributed by atoms with van der Waals surface area (Å²) in [6.07, 6.45) is 0. The lowest BCUT2D eigenvalue weighted by atomic mass is 10.1. The van der Waals surface area contributed by atoms with Gasteiger partial charge in [-0.05, 0) is 37.6 Å². The third kappa shape index (κ3) is 3.59. The summed E-state index contributed by atoms with van der Waals surface area (Å²) in [7, 11) is -2.59. The first kappa shape index (κ1) is 20.8. The van der Waals surface area contributed by atoms with Gasteiger partial charge in [0, 0.05) is 41.4 Å². The van der Waals surface area contributed by atoms with E-state index in [-0.39, 0.29) is 15.8 Å². The van der Waals surface area contributed by atoms with Crippen LogP contribution in [0.15, 0.2) is 53.4 Å². The normalized spacial score (nSPS) is 18.0. The molecule has 1 fully saturated rings. The molecule has 158 valence electrons. The molecule has 2 aromatic carbocycles. The van der Waals surface area contributed by atoms with Gasteiger partial charge < -0.3 is 9.64 Å². The average molecular weight is 445 g/mol. The van der Waals surface area contributed by atoms with Gasteiger partial charge in [-0.25, -0.2) is 13.2 Å². The van der Waals surface area contributed by atoms with Crippen LogP contribution in [-0.4, -0.2) is 51.5 Å².